The molecule has 3 nitrogen and oxygen atoms in total. The number of Topliss-reactive ketones (excluding diaryl/α,β-unsaturated/α-hetero) is 1. The molecule has 0 aromatic heterocycles. The van der Waals surface area contributed by atoms with E-state index in [0.717, 1.165) is 32.1 Å². The van der Waals surface area contributed by atoms with Gasteiger partial charge in [0.05, 0.1) is 6.54 Å². The number of hydrogen-bond acceptors (Lipinski definition) is 2. The predicted molar refractivity (Wildman–Crippen MR) is 92.4 cm³/mol. The average molecular weight is 307 g/mol. The quantitative estimate of drug-likeness (QED) is 0.451. The van der Waals surface area contributed by atoms with Crippen molar-refractivity contribution < 1.29 is 9.59 Å². The molecule has 0 aliphatic carbocycles. The van der Waals surface area contributed by atoms with Crippen molar-refractivity contribution in [1.29, 1.82) is 0 Å². The van der Waals surface area contributed by atoms with Crippen LogP contribution in [0.1, 0.15) is 72.6 Å². The molecule has 0 aromatic rings. The van der Waals surface area contributed by atoms with Gasteiger partial charge < -0.3 is 4.90 Å². The van der Waals surface area contributed by atoms with Crippen LogP contribution in [-0.4, -0.2) is 30.2 Å². The number of rotatable bonds is 10. The van der Waals surface area contributed by atoms with Crippen LogP contribution < -0.4 is 0 Å². The summed E-state index contributed by atoms with van der Waals surface area (Å²) in [6, 6.07) is 0. The zero-order valence-electron chi connectivity index (χ0n) is 15.1. The first-order valence-corrected chi connectivity index (χ1v) is 8.59. The van der Waals surface area contributed by atoms with Crippen LogP contribution in [0.5, 0.6) is 0 Å². The van der Waals surface area contributed by atoms with E-state index in [1.165, 1.54) is 0 Å². The lowest BCUT2D eigenvalue weighted by Crippen LogP contribution is -2.26. The highest BCUT2D eigenvalue weighted by atomic mass is 16.2. The molecule has 0 N–H and O–H groups in total. The Morgan fingerprint density at radius 1 is 0.909 bits per heavy atom. The third kappa shape index (κ3) is 11.4. The maximum atomic E-state index is 11.9. The summed E-state index contributed by atoms with van der Waals surface area (Å²) in [7, 11) is 1.81. The Balaban J connectivity index is 3.61. The lowest BCUT2D eigenvalue weighted by atomic mass is 10.0. The van der Waals surface area contributed by atoms with Crippen LogP contribution in [0.25, 0.3) is 0 Å². The van der Waals surface area contributed by atoms with Gasteiger partial charge >= 0.3 is 0 Å². The van der Waals surface area contributed by atoms with Gasteiger partial charge in [-0.25, -0.2) is 0 Å². The van der Waals surface area contributed by atoms with Crippen LogP contribution in [-0.2, 0) is 9.59 Å². The van der Waals surface area contributed by atoms with Gasteiger partial charge in [-0.3, -0.25) is 9.59 Å². The highest BCUT2D eigenvalue weighted by Gasteiger charge is 2.07. The van der Waals surface area contributed by atoms with Gasteiger partial charge in [0.1, 0.15) is 5.78 Å². The average Bonchev–Trinajstić information content (AvgIpc) is 2.44. The zero-order valence-corrected chi connectivity index (χ0v) is 15.1. The van der Waals surface area contributed by atoms with Crippen LogP contribution in [0.2, 0.25) is 0 Å². The minimum Gasteiger partial charge on any atom is -0.335 e. The number of ketones is 1. The molecule has 0 aromatic carbocycles. The Kier molecular flexibility index (Phi) is 11.5. The topological polar surface area (TPSA) is 37.4 Å². The second kappa shape index (κ2) is 12.3. The molecule has 22 heavy (non-hydrogen) atoms. The first kappa shape index (κ1) is 20.7. The van der Waals surface area contributed by atoms with Gasteiger partial charge in [-0.15, -0.1) is 0 Å². The van der Waals surface area contributed by atoms with Crippen molar-refractivity contribution in [3.8, 4) is 11.8 Å². The van der Waals surface area contributed by atoms with Crippen molar-refractivity contribution >= 4 is 11.7 Å². The van der Waals surface area contributed by atoms with E-state index in [9.17, 15) is 9.59 Å². The van der Waals surface area contributed by atoms with E-state index < -0.39 is 0 Å². The van der Waals surface area contributed by atoms with Gasteiger partial charge in [0.25, 0.3) is 0 Å². The number of carbonyl (C=O) groups excluding carboxylic acids is 2. The van der Waals surface area contributed by atoms with E-state index in [2.05, 4.69) is 11.8 Å². The first-order chi connectivity index (χ1) is 10.3. The number of amides is 1. The smallest absolute Gasteiger partial charge is 0.223 e. The fourth-order valence-electron chi connectivity index (χ4n) is 2.04. The number of unbranched alkanes of at least 4 members (excludes halogenated alkanes) is 4. The Morgan fingerprint density at radius 3 is 2.00 bits per heavy atom. The monoisotopic (exact) mass is 307 g/mol. The summed E-state index contributed by atoms with van der Waals surface area (Å²) in [4.78, 5) is 25.1. The summed E-state index contributed by atoms with van der Waals surface area (Å²) >= 11 is 0. The third-order valence-corrected chi connectivity index (χ3v) is 3.59. The van der Waals surface area contributed by atoms with Crippen LogP contribution in [0.4, 0.5) is 0 Å². The summed E-state index contributed by atoms with van der Waals surface area (Å²) in [5.41, 5.74) is 0. The van der Waals surface area contributed by atoms with Crippen molar-refractivity contribution in [3.63, 3.8) is 0 Å². The van der Waals surface area contributed by atoms with Crippen LogP contribution in [0.15, 0.2) is 0 Å². The molecule has 1 amide bonds. The lowest BCUT2D eigenvalue weighted by Gasteiger charge is -2.13. The minimum atomic E-state index is 0.159. The Morgan fingerprint density at radius 2 is 1.45 bits per heavy atom. The molecule has 0 aliphatic heterocycles. The first-order valence-electron chi connectivity index (χ1n) is 8.59. The van der Waals surface area contributed by atoms with Gasteiger partial charge in [0.15, 0.2) is 0 Å². The zero-order chi connectivity index (χ0) is 17.0. The van der Waals surface area contributed by atoms with Gasteiger partial charge in [-0.1, -0.05) is 58.8 Å². The molecule has 0 saturated heterocycles. The second-order valence-corrected chi connectivity index (χ2v) is 6.61. The summed E-state index contributed by atoms with van der Waals surface area (Å²) < 4.78 is 0. The van der Waals surface area contributed by atoms with E-state index in [1.807, 2.05) is 34.7 Å². The number of hydrogen-bond donors (Lipinski definition) is 0. The van der Waals surface area contributed by atoms with Gasteiger partial charge in [-0.2, -0.15) is 0 Å². The predicted octanol–water partition coefficient (Wildman–Crippen LogP) is 4.06. The standard InChI is InChI=1S/C19H33NO2/c1-16(2)12-11-15-20(5)19(22)14-10-8-6-7-9-13-18(21)17(3)4/h16-17H,6-10,13-15H2,1-5H3. The molecule has 0 saturated carbocycles. The Hall–Kier alpha value is -1.30. The molecular formula is C19H33NO2. The normalized spacial score (nSPS) is 10.5. The van der Waals surface area contributed by atoms with Gasteiger partial charge in [0, 0.05) is 31.7 Å². The van der Waals surface area contributed by atoms with Crippen molar-refractivity contribution in [2.75, 3.05) is 13.6 Å². The largest absolute Gasteiger partial charge is 0.335 e. The summed E-state index contributed by atoms with van der Waals surface area (Å²) in [5, 5.41) is 0. The van der Waals surface area contributed by atoms with E-state index in [4.69, 9.17) is 0 Å². The maximum absolute atomic E-state index is 11.9. The van der Waals surface area contributed by atoms with Crippen LogP contribution in [0, 0.1) is 23.7 Å². The van der Waals surface area contributed by atoms with Crippen LogP contribution >= 0.6 is 0 Å². The SMILES string of the molecule is CC(C)C#CCN(C)C(=O)CCCCCCCC(=O)C(C)C. The van der Waals surface area contributed by atoms with E-state index >= 15 is 0 Å². The number of nitrogens with zero attached hydrogens (tertiary/aromatic N) is 1. The number of carbonyl (C=O) groups is 2. The van der Waals surface area contributed by atoms with Crippen molar-refractivity contribution in [2.45, 2.75) is 72.6 Å². The second-order valence-electron chi connectivity index (χ2n) is 6.61. The van der Waals surface area contributed by atoms with Crippen molar-refractivity contribution in [2.24, 2.45) is 11.8 Å². The van der Waals surface area contributed by atoms with Crippen molar-refractivity contribution in [1.82, 2.24) is 4.90 Å². The third-order valence-electron chi connectivity index (χ3n) is 3.59. The van der Waals surface area contributed by atoms with Crippen LogP contribution in [0.3, 0.4) is 0 Å². The molecule has 126 valence electrons. The molecule has 0 atom stereocenters. The summed E-state index contributed by atoms with van der Waals surface area (Å²) in [6.45, 7) is 8.52. The summed E-state index contributed by atoms with van der Waals surface area (Å²) in [5.74, 6) is 7.14. The van der Waals surface area contributed by atoms with E-state index in [0.29, 0.717) is 31.1 Å². The maximum Gasteiger partial charge on any atom is 0.223 e. The van der Waals surface area contributed by atoms with Gasteiger partial charge in [-0.05, 0) is 12.8 Å². The Labute approximate surface area is 136 Å². The fraction of sp³-hybridized carbons (Fsp3) is 0.789. The highest BCUT2D eigenvalue weighted by Crippen LogP contribution is 2.10. The fourth-order valence-corrected chi connectivity index (χ4v) is 2.04. The molecule has 0 fully saturated rings. The van der Waals surface area contributed by atoms with E-state index in [1.54, 1.807) is 4.90 Å². The highest BCUT2D eigenvalue weighted by molar-refractivity contribution is 5.80. The summed E-state index contributed by atoms with van der Waals surface area (Å²) in [6.07, 6.45) is 6.47. The minimum absolute atomic E-state index is 0.159. The van der Waals surface area contributed by atoms with E-state index in [-0.39, 0.29) is 11.8 Å². The molecule has 0 unspecified atom stereocenters. The molecule has 0 spiro atoms. The van der Waals surface area contributed by atoms with Gasteiger partial charge in [0.2, 0.25) is 5.91 Å². The Bertz CT molecular complexity index is 388. The molecule has 0 heterocycles. The van der Waals surface area contributed by atoms with Crippen molar-refractivity contribution in [3.05, 3.63) is 0 Å². The molecule has 0 bridgehead atoms. The molecule has 0 radical (unpaired) electrons. The molecule has 0 aliphatic rings. The molecular weight excluding hydrogens is 274 g/mol. The molecule has 0 rings (SSSR count). The molecule has 3 heteroatoms. The lowest BCUT2D eigenvalue weighted by molar-refractivity contribution is -0.129.